The number of hydrogen-bond donors (Lipinski definition) is 1. The summed E-state index contributed by atoms with van der Waals surface area (Å²) in [6.45, 7) is 3.81. The quantitative estimate of drug-likeness (QED) is 0.932. The van der Waals surface area contributed by atoms with E-state index in [9.17, 15) is 9.59 Å². The fourth-order valence-electron chi connectivity index (χ4n) is 3.90. The van der Waals surface area contributed by atoms with Gasteiger partial charge in [0.2, 0.25) is 5.91 Å². The van der Waals surface area contributed by atoms with E-state index < -0.39 is 0 Å². The lowest BCUT2D eigenvalue weighted by Gasteiger charge is -2.41. The molecule has 1 heterocycles. The van der Waals surface area contributed by atoms with Crippen LogP contribution in [0.3, 0.4) is 0 Å². The van der Waals surface area contributed by atoms with Crippen molar-refractivity contribution in [3.8, 4) is 0 Å². The molecular weight excluding hydrogens is 288 g/mol. The van der Waals surface area contributed by atoms with E-state index >= 15 is 0 Å². The molecule has 1 aromatic rings. The number of amides is 2. The highest BCUT2D eigenvalue weighted by atomic mass is 16.2. The number of rotatable bonds is 3. The van der Waals surface area contributed by atoms with Crippen molar-refractivity contribution in [2.24, 2.45) is 11.8 Å². The molecule has 0 radical (unpaired) electrons. The maximum Gasteiger partial charge on any atom is 0.251 e. The van der Waals surface area contributed by atoms with Crippen LogP contribution in [0.5, 0.6) is 0 Å². The Bertz CT molecular complexity index is 567. The topological polar surface area (TPSA) is 49.4 Å². The second kappa shape index (κ2) is 7.16. The first kappa shape index (κ1) is 16.0. The van der Waals surface area contributed by atoms with E-state index in [0.717, 1.165) is 31.0 Å². The van der Waals surface area contributed by atoms with Crippen LogP contribution < -0.4 is 5.32 Å². The molecule has 23 heavy (non-hydrogen) atoms. The number of fused-ring (bicyclic) bond motifs is 1. The van der Waals surface area contributed by atoms with Gasteiger partial charge in [-0.2, -0.15) is 0 Å². The summed E-state index contributed by atoms with van der Waals surface area (Å²) in [5.41, 5.74) is 1.72. The molecule has 2 fully saturated rings. The van der Waals surface area contributed by atoms with Crippen LogP contribution in [0.4, 0.5) is 0 Å². The lowest BCUT2D eigenvalue weighted by Crippen LogP contribution is -2.48. The fraction of sp³-hybridized carbons (Fsp3) is 0.579. The number of benzene rings is 1. The van der Waals surface area contributed by atoms with Gasteiger partial charge >= 0.3 is 0 Å². The van der Waals surface area contributed by atoms with Crippen molar-refractivity contribution in [3.63, 3.8) is 0 Å². The molecule has 1 aliphatic heterocycles. The minimum Gasteiger partial charge on any atom is -0.343 e. The number of nitrogens with zero attached hydrogens (tertiary/aromatic N) is 1. The van der Waals surface area contributed by atoms with Crippen molar-refractivity contribution >= 4 is 11.8 Å². The average Bonchev–Trinajstić information content (AvgIpc) is 2.59. The zero-order chi connectivity index (χ0) is 16.2. The third-order valence-electron chi connectivity index (χ3n) is 5.36. The van der Waals surface area contributed by atoms with Gasteiger partial charge in [-0.05, 0) is 43.7 Å². The third-order valence-corrected chi connectivity index (χ3v) is 5.36. The lowest BCUT2D eigenvalue weighted by atomic mass is 9.75. The summed E-state index contributed by atoms with van der Waals surface area (Å²) >= 11 is 0. The van der Waals surface area contributed by atoms with Crippen molar-refractivity contribution in [1.29, 1.82) is 0 Å². The molecule has 124 valence electrons. The zero-order valence-corrected chi connectivity index (χ0v) is 13.9. The van der Waals surface area contributed by atoms with E-state index in [-0.39, 0.29) is 18.4 Å². The highest BCUT2D eigenvalue weighted by Gasteiger charge is 2.32. The average molecular weight is 314 g/mol. The largest absolute Gasteiger partial charge is 0.343 e. The molecule has 4 nitrogen and oxygen atoms in total. The molecule has 1 aliphatic carbocycles. The van der Waals surface area contributed by atoms with Gasteiger partial charge in [0.1, 0.15) is 0 Å². The van der Waals surface area contributed by atoms with E-state index in [1.54, 1.807) is 12.1 Å². The molecule has 1 N–H and O–H groups in total. The van der Waals surface area contributed by atoms with Crippen LogP contribution in [-0.2, 0) is 4.79 Å². The van der Waals surface area contributed by atoms with Gasteiger partial charge in [0, 0.05) is 18.7 Å². The molecule has 0 aromatic heterocycles. The minimum absolute atomic E-state index is 0.0504. The molecule has 1 saturated heterocycles. The SMILES string of the molecule is Cc1ccc(C(=O)NCC(=O)N2CC[C@@H]3CCCC[C@H]3C2)cc1. The molecule has 0 unspecified atom stereocenters. The summed E-state index contributed by atoms with van der Waals surface area (Å²) in [5.74, 6) is 1.37. The van der Waals surface area contributed by atoms with E-state index in [1.807, 2.05) is 24.0 Å². The van der Waals surface area contributed by atoms with Crippen LogP contribution in [0.15, 0.2) is 24.3 Å². The van der Waals surface area contributed by atoms with Crippen molar-refractivity contribution in [2.75, 3.05) is 19.6 Å². The second-order valence-corrected chi connectivity index (χ2v) is 6.98. The molecule has 0 bridgehead atoms. The smallest absolute Gasteiger partial charge is 0.251 e. The summed E-state index contributed by atoms with van der Waals surface area (Å²) in [4.78, 5) is 26.4. The maximum atomic E-state index is 12.4. The number of nitrogens with one attached hydrogen (secondary N) is 1. The van der Waals surface area contributed by atoms with Crippen molar-refractivity contribution in [3.05, 3.63) is 35.4 Å². The Balaban J connectivity index is 1.49. The van der Waals surface area contributed by atoms with E-state index in [4.69, 9.17) is 0 Å². The molecule has 1 saturated carbocycles. The zero-order valence-electron chi connectivity index (χ0n) is 13.9. The Morgan fingerprint density at radius 2 is 1.78 bits per heavy atom. The Labute approximate surface area is 138 Å². The summed E-state index contributed by atoms with van der Waals surface area (Å²) in [7, 11) is 0. The molecule has 1 aromatic carbocycles. The van der Waals surface area contributed by atoms with Crippen molar-refractivity contribution < 1.29 is 9.59 Å². The first-order chi connectivity index (χ1) is 11.1. The monoisotopic (exact) mass is 314 g/mol. The van der Waals surface area contributed by atoms with Gasteiger partial charge in [-0.3, -0.25) is 9.59 Å². The van der Waals surface area contributed by atoms with Gasteiger partial charge in [0.05, 0.1) is 6.54 Å². The number of aryl methyl sites for hydroxylation is 1. The van der Waals surface area contributed by atoms with Crippen LogP contribution >= 0.6 is 0 Å². The van der Waals surface area contributed by atoms with Crippen LogP contribution in [0.1, 0.15) is 48.0 Å². The summed E-state index contributed by atoms with van der Waals surface area (Å²) in [6.07, 6.45) is 6.36. The first-order valence-corrected chi connectivity index (χ1v) is 8.76. The van der Waals surface area contributed by atoms with Crippen LogP contribution in [0.25, 0.3) is 0 Å². The van der Waals surface area contributed by atoms with Gasteiger partial charge in [0.15, 0.2) is 0 Å². The highest BCUT2D eigenvalue weighted by molar-refractivity contribution is 5.96. The van der Waals surface area contributed by atoms with Gasteiger partial charge in [-0.15, -0.1) is 0 Å². The standard InChI is InChI=1S/C19H26N2O2/c1-14-6-8-16(9-7-14)19(23)20-12-18(22)21-11-10-15-4-2-3-5-17(15)13-21/h6-9,15,17H,2-5,10-13H2,1H3,(H,20,23)/t15-,17-/m0/s1. The predicted molar refractivity (Wildman–Crippen MR) is 90.2 cm³/mol. The Morgan fingerprint density at radius 3 is 2.52 bits per heavy atom. The number of hydrogen-bond acceptors (Lipinski definition) is 2. The van der Waals surface area contributed by atoms with Crippen LogP contribution in [-0.4, -0.2) is 36.3 Å². The maximum absolute atomic E-state index is 12.4. The lowest BCUT2D eigenvalue weighted by molar-refractivity contribution is -0.133. The van der Waals surface area contributed by atoms with E-state index in [1.165, 1.54) is 25.7 Å². The molecule has 0 spiro atoms. The van der Waals surface area contributed by atoms with Gasteiger partial charge in [-0.1, -0.05) is 37.0 Å². The number of piperidine rings is 1. The Hall–Kier alpha value is -1.84. The third kappa shape index (κ3) is 3.92. The normalized spacial score (nSPS) is 24.0. The van der Waals surface area contributed by atoms with E-state index in [2.05, 4.69) is 5.32 Å². The Morgan fingerprint density at radius 1 is 1.09 bits per heavy atom. The van der Waals surface area contributed by atoms with Crippen LogP contribution in [0, 0.1) is 18.8 Å². The molecular formula is C19H26N2O2. The fourth-order valence-corrected chi connectivity index (χ4v) is 3.90. The first-order valence-electron chi connectivity index (χ1n) is 8.76. The molecule has 3 rings (SSSR count). The van der Waals surface area contributed by atoms with Gasteiger partial charge in [0.25, 0.3) is 5.91 Å². The number of likely N-dealkylation sites (tertiary alicyclic amines) is 1. The summed E-state index contributed by atoms with van der Waals surface area (Å²) in [6, 6.07) is 7.40. The van der Waals surface area contributed by atoms with Gasteiger partial charge in [-0.25, -0.2) is 0 Å². The predicted octanol–water partition coefficient (Wildman–Crippen LogP) is 2.76. The minimum atomic E-state index is -0.175. The molecule has 2 amide bonds. The molecule has 2 aliphatic rings. The van der Waals surface area contributed by atoms with Crippen LogP contribution in [0.2, 0.25) is 0 Å². The van der Waals surface area contributed by atoms with E-state index in [0.29, 0.717) is 11.5 Å². The summed E-state index contributed by atoms with van der Waals surface area (Å²) < 4.78 is 0. The van der Waals surface area contributed by atoms with Crippen molar-refractivity contribution in [1.82, 2.24) is 10.2 Å². The summed E-state index contributed by atoms with van der Waals surface area (Å²) in [5, 5.41) is 2.76. The molecule has 2 atom stereocenters. The highest BCUT2D eigenvalue weighted by Crippen LogP contribution is 2.35. The number of carbonyl (C=O) groups excluding carboxylic acids is 2. The van der Waals surface area contributed by atoms with Gasteiger partial charge < -0.3 is 10.2 Å². The Kier molecular flexibility index (Phi) is 4.99. The van der Waals surface area contributed by atoms with Crippen molar-refractivity contribution in [2.45, 2.75) is 39.0 Å². The second-order valence-electron chi connectivity index (χ2n) is 6.98. The number of carbonyl (C=O) groups is 2. The molecule has 4 heteroatoms.